The first-order valence-electron chi connectivity index (χ1n) is 6.77. The fourth-order valence-corrected chi connectivity index (χ4v) is 3.69. The van der Waals surface area contributed by atoms with E-state index < -0.39 is 26.6 Å². The number of halogens is 2. The molecule has 0 aliphatic heterocycles. The van der Waals surface area contributed by atoms with Crippen LogP contribution in [0.15, 0.2) is 52.7 Å². The second kappa shape index (κ2) is 6.29. The van der Waals surface area contributed by atoms with Gasteiger partial charge in [0.15, 0.2) is 11.6 Å². The average Bonchev–Trinajstić information content (AvgIpc) is 2.97. The van der Waals surface area contributed by atoms with Gasteiger partial charge in [0.25, 0.3) is 0 Å². The highest BCUT2D eigenvalue weighted by Gasteiger charge is 2.19. The summed E-state index contributed by atoms with van der Waals surface area (Å²) in [5.41, 5.74) is 1.72. The third-order valence-corrected chi connectivity index (χ3v) is 5.36. The van der Waals surface area contributed by atoms with Crippen LogP contribution in [-0.4, -0.2) is 13.4 Å². The zero-order valence-electron chi connectivity index (χ0n) is 12.4. The molecule has 0 unspecified atom stereocenters. The number of hydrogen-bond acceptors (Lipinski definition) is 5. The lowest BCUT2D eigenvalue weighted by atomic mass is 10.2. The SMILES string of the molecule is Cc1csc(-c2ccc(OS(=O)(=O)c3ccc(F)c(F)c3)cc2)n1. The van der Waals surface area contributed by atoms with E-state index in [-0.39, 0.29) is 5.75 Å². The van der Waals surface area contributed by atoms with E-state index in [9.17, 15) is 17.2 Å². The molecule has 0 bridgehead atoms. The van der Waals surface area contributed by atoms with Crippen molar-refractivity contribution >= 4 is 21.5 Å². The number of aromatic nitrogens is 1. The van der Waals surface area contributed by atoms with Crippen molar-refractivity contribution in [1.29, 1.82) is 0 Å². The Balaban J connectivity index is 1.83. The van der Waals surface area contributed by atoms with Crippen molar-refractivity contribution in [2.75, 3.05) is 0 Å². The summed E-state index contributed by atoms with van der Waals surface area (Å²) in [4.78, 5) is 3.88. The van der Waals surface area contributed by atoms with Gasteiger partial charge < -0.3 is 4.18 Å². The van der Waals surface area contributed by atoms with Crippen molar-refractivity contribution in [3.05, 3.63) is 65.2 Å². The Morgan fingerprint density at radius 3 is 2.33 bits per heavy atom. The largest absolute Gasteiger partial charge is 0.379 e. The maximum absolute atomic E-state index is 13.2. The molecule has 1 heterocycles. The van der Waals surface area contributed by atoms with Crippen LogP contribution in [0.3, 0.4) is 0 Å². The molecule has 8 heteroatoms. The highest BCUT2D eigenvalue weighted by Crippen LogP contribution is 2.27. The molecule has 0 atom stereocenters. The Kier molecular flexibility index (Phi) is 4.33. The smallest absolute Gasteiger partial charge is 0.339 e. The average molecular weight is 367 g/mol. The van der Waals surface area contributed by atoms with Gasteiger partial charge in [-0.15, -0.1) is 11.3 Å². The topological polar surface area (TPSA) is 56.3 Å². The Hall–Kier alpha value is -2.32. The van der Waals surface area contributed by atoms with Gasteiger partial charge in [-0.3, -0.25) is 0 Å². The van der Waals surface area contributed by atoms with Gasteiger partial charge in [-0.2, -0.15) is 8.42 Å². The number of hydrogen-bond donors (Lipinski definition) is 0. The number of nitrogens with zero attached hydrogens (tertiary/aromatic N) is 1. The Labute approximate surface area is 141 Å². The summed E-state index contributed by atoms with van der Waals surface area (Å²) in [7, 11) is -4.25. The van der Waals surface area contributed by atoms with Crippen molar-refractivity contribution in [2.24, 2.45) is 0 Å². The van der Waals surface area contributed by atoms with Crippen molar-refractivity contribution in [1.82, 2.24) is 4.98 Å². The molecule has 2 aromatic carbocycles. The fraction of sp³-hybridized carbons (Fsp3) is 0.0625. The zero-order valence-corrected chi connectivity index (χ0v) is 14.0. The molecule has 3 aromatic rings. The van der Waals surface area contributed by atoms with Crippen molar-refractivity contribution in [2.45, 2.75) is 11.8 Å². The van der Waals surface area contributed by atoms with E-state index in [1.165, 1.54) is 23.5 Å². The van der Waals surface area contributed by atoms with Gasteiger partial charge >= 0.3 is 10.1 Å². The van der Waals surface area contributed by atoms with Crippen molar-refractivity contribution in [3.8, 4) is 16.3 Å². The highest BCUT2D eigenvalue weighted by molar-refractivity contribution is 7.87. The lowest BCUT2D eigenvalue weighted by molar-refractivity contribution is 0.479. The highest BCUT2D eigenvalue weighted by atomic mass is 32.2. The quantitative estimate of drug-likeness (QED) is 0.650. The van der Waals surface area contributed by atoms with Gasteiger partial charge in [0.05, 0.1) is 0 Å². The van der Waals surface area contributed by atoms with Crippen LogP contribution in [0.25, 0.3) is 10.6 Å². The maximum Gasteiger partial charge on any atom is 0.339 e. The van der Waals surface area contributed by atoms with E-state index in [4.69, 9.17) is 4.18 Å². The Bertz CT molecular complexity index is 983. The Morgan fingerprint density at radius 1 is 1.04 bits per heavy atom. The minimum atomic E-state index is -4.25. The first-order chi connectivity index (χ1) is 11.3. The van der Waals surface area contributed by atoms with Gasteiger partial charge in [0, 0.05) is 16.6 Å². The molecule has 0 fully saturated rings. The normalized spacial score (nSPS) is 11.5. The van der Waals surface area contributed by atoms with Gasteiger partial charge in [-0.1, -0.05) is 0 Å². The number of thiazole rings is 1. The molecule has 124 valence electrons. The van der Waals surface area contributed by atoms with Crippen LogP contribution in [0.2, 0.25) is 0 Å². The molecule has 1 aromatic heterocycles. The van der Waals surface area contributed by atoms with Gasteiger partial charge in [-0.05, 0) is 49.4 Å². The molecular formula is C16H11F2NO3S2. The van der Waals surface area contributed by atoms with E-state index in [1.54, 1.807) is 12.1 Å². The fourth-order valence-electron chi connectivity index (χ4n) is 1.95. The monoisotopic (exact) mass is 367 g/mol. The summed E-state index contributed by atoms with van der Waals surface area (Å²) in [6.07, 6.45) is 0. The molecule has 0 spiro atoms. The van der Waals surface area contributed by atoms with Crippen molar-refractivity contribution < 1.29 is 21.4 Å². The predicted octanol–water partition coefficient (Wildman–Crippen LogP) is 4.16. The molecule has 3 rings (SSSR count). The van der Waals surface area contributed by atoms with Crippen LogP contribution in [0.1, 0.15) is 5.69 Å². The second-order valence-electron chi connectivity index (χ2n) is 4.93. The first kappa shape index (κ1) is 16.5. The van der Waals surface area contributed by atoms with Crippen LogP contribution >= 0.6 is 11.3 Å². The van der Waals surface area contributed by atoms with E-state index in [2.05, 4.69) is 4.98 Å². The molecule has 0 aliphatic carbocycles. The third-order valence-electron chi connectivity index (χ3n) is 3.11. The number of rotatable bonds is 4. The van der Waals surface area contributed by atoms with E-state index in [1.807, 2.05) is 12.3 Å². The molecular weight excluding hydrogens is 356 g/mol. The molecule has 0 amide bonds. The van der Waals surface area contributed by atoms with E-state index >= 15 is 0 Å². The Morgan fingerprint density at radius 2 is 1.75 bits per heavy atom. The molecule has 0 N–H and O–H groups in total. The number of benzene rings is 2. The van der Waals surface area contributed by atoms with Gasteiger partial charge in [0.1, 0.15) is 15.7 Å². The molecule has 0 aliphatic rings. The molecule has 4 nitrogen and oxygen atoms in total. The summed E-state index contributed by atoms with van der Waals surface area (Å²) >= 11 is 1.47. The van der Waals surface area contributed by atoms with Crippen LogP contribution in [0, 0.1) is 18.6 Å². The summed E-state index contributed by atoms with van der Waals surface area (Å²) < 4.78 is 55.2. The minimum Gasteiger partial charge on any atom is -0.379 e. The molecule has 0 radical (unpaired) electrons. The lowest BCUT2D eigenvalue weighted by Crippen LogP contribution is -2.10. The third kappa shape index (κ3) is 3.44. The van der Waals surface area contributed by atoms with Crippen LogP contribution in [0.4, 0.5) is 8.78 Å². The van der Waals surface area contributed by atoms with Gasteiger partial charge in [0.2, 0.25) is 0 Å². The lowest BCUT2D eigenvalue weighted by Gasteiger charge is -2.07. The number of aryl methyl sites for hydroxylation is 1. The first-order valence-corrected chi connectivity index (χ1v) is 9.06. The second-order valence-corrected chi connectivity index (χ2v) is 7.34. The van der Waals surface area contributed by atoms with Crippen LogP contribution in [-0.2, 0) is 10.1 Å². The zero-order chi connectivity index (χ0) is 17.3. The van der Waals surface area contributed by atoms with E-state index in [0.717, 1.165) is 28.4 Å². The summed E-state index contributed by atoms with van der Waals surface area (Å²) in [5, 5.41) is 2.72. The van der Waals surface area contributed by atoms with E-state index in [0.29, 0.717) is 6.07 Å². The summed E-state index contributed by atoms with van der Waals surface area (Å²) in [6.45, 7) is 1.88. The predicted molar refractivity (Wildman–Crippen MR) is 86.5 cm³/mol. The standard InChI is InChI=1S/C16H11F2NO3S2/c1-10-9-23-16(19-10)11-2-4-12(5-3-11)22-24(20,21)13-6-7-14(17)15(18)8-13/h2-9H,1H3. The molecule has 0 saturated carbocycles. The maximum atomic E-state index is 13.2. The van der Waals surface area contributed by atoms with Crippen LogP contribution < -0.4 is 4.18 Å². The molecule has 24 heavy (non-hydrogen) atoms. The van der Waals surface area contributed by atoms with Crippen LogP contribution in [0.5, 0.6) is 5.75 Å². The van der Waals surface area contributed by atoms with Crippen molar-refractivity contribution in [3.63, 3.8) is 0 Å². The summed E-state index contributed by atoms with van der Waals surface area (Å²) in [6, 6.07) is 8.56. The molecule has 0 saturated heterocycles. The minimum absolute atomic E-state index is 0.0664. The summed E-state index contributed by atoms with van der Waals surface area (Å²) in [5.74, 6) is -2.32. The van der Waals surface area contributed by atoms with Gasteiger partial charge in [-0.25, -0.2) is 13.8 Å².